The predicted molar refractivity (Wildman–Crippen MR) is 76.3 cm³/mol. The summed E-state index contributed by atoms with van der Waals surface area (Å²) in [7, 11) is -3.60. The van der Waals surface area contributed by atoms with Crippen LogP contribution in [0, 0.1) is 0 Å². The third-order valence-corrected chi connectivity index (χ3v) is 4.11. The van der Waals surface area contributed by atoms with Crippen molar-refractivity contribution in [3.05, 3.63) is 28.2 Å². The number of rotatable bonds is 7. The smallest absolute Gasteiger partial charge is 0.240 e. The maximum atomic E-state index is 11.9. The fourth-order valence-electron chi connectivity index (χ4n) is 1.17. The summed E-state index contributed by atoms with van der Waals surface area (Å²) in [4.78, 5) is 0.0421. The lowest BCUT2D eigenvalue weighted by molar-refractivity contribution is 0.156. The maximum Gasteiger partial charge on any atom is 0.240 e. The zero-order valence-corrected chi connectivity index (χ0v) is 13.2. The quantitative estimate of drug-likeness (QED) is 0.587. The van der Waals surface area contributed by atoms with Crippen molar-refractivity contribution in [1.82, 2.24) is 4.72 Å². The summed E-state index contributed by atoms with van der Waals surface area (Å²) in [6, 6.07) is 4.16. The zero-order chi connectivity index (χ0) is 13.6. The highest BCUT2D eigenvalue weighted by Crippen LogP contribution is 2.21. The van der Waals surface area contributed by atoms with Crippen LogP contribution < -0.4 is 4.72 Å². The molecule has 0 atom stereocenters. The molecule has 1 rings (SSSR count). The van der Waals surface area contributed by atoms with E-state index < -0.39 is 10.0 Å². The van der Waals surface area contributed by atoms with Crippen LogP contribution in [0.1, 0.15) is 0 Å². The van der Waals surface area contributed by atoms with Gasteiger partial charge in [-0.2, -0.15) is 0 Å². The number of hydrogen-bond acceptors (Lipinski definition) is 3. The van der Waals surface area contributed by atoms with Crippen molar-refractivity contribution in [2.24, 2.45) is 0 Å². The summed E-state index contributed by atoms with van der Waals surface area (Å²) in [5.74, 6) is 0. The lowest BCUT2D eigenvalue weighted by Crippen LogP contribution is -2.27. The molecule has 4 nitrogen and oxygen atoms in total. The third-order valence-electron chi connectivity index (χ3n) is 1.91. The number of nitrogens with one attached hydrogen (secondary N) is 1. The minimum absolute atomic E-state index is 0.0421. The first-order valence-electron chi connectivity index (χ1n) is 5.05. The Hall–Kier alpha value is 0.150. The molecule has 1 aromatic rings. The van der Waals surface area contributed by atoms with E-state index >= 15 is 0 Å². The van der Waals surface area contributed by atoms with Gasteiger partial charge in [-0.1, -0.05) is 39.1 Å². The molecule has 0 fully saturated rings. The minimum Gasteiger partial charge on any atom is -0.379 e. The highest BCUT2D eigenvalue weighted by Gasteiger charge is 2.14. The van der Waals surface area contributed by atoms with E-state index in [0.29, 0.717) is 18.5 Å². The van der Waals surface area contributed by atoms with Crippen molar-refractivity contribution in [2.75, 3.05) is 25.1 Å². The lowest BCUT2D eigenvalue weighted by Gasteiger charge is -2.07. The summed E-state index contributed by atoms with van der Waals surface area (Å²) in [5, 5.41) is 1.26. The molecule has 1 N–H and O–H groups in total. The maximum absolute atomic E-state index is 11.9. The lowest BCUT2D eigenvalue weighted by atomic mass is 10.4. The van der Waals surface area contributed by atoms with Gasteiger partial charge in [-0.05, 0) is 18.2 Å². The Labute approximate surface area is 125 Å². The minimum atomic E-state index is -3.60. The number of benzene rings is 1. The molecular weight excluding hydrogens is 365 g/mol. The topological polar surface area (TPSA) is 55.4 Å². The Kier molecular flexibility index (Phi) is 6.90. The van der Waals surface area contributed by atoms with Gasteiger partial charge in [-0.3, -0.25) is 0 Å². The third kappa shape index (κ3) is 5.42. The molecule has 0 saturated carbocycles. The van der Waals surface area contributed by atoms with E-state index in [1.807, 2.05) is 0 Å². The number of ether oxygens (including phenoxy) is 1. The molecule has 0 aliphatic rings. The van der Waals surface area contributed by atoms with Crippen LogP contribution in [0.15, 0.2) is 23.1 Å². The summed E-state index contributed by atoms with van der Waals surface area (Å²) in [5.41, 5.74) is 0. The van der Waals surface area contributed by atoms with E-state index in [0.717, 1.165) is 0 Å². The first kappa shape index (κ1) is 16.2. The van der Waals surface area contributed by atoms with E-state index in [9.17, 15) is 8.42 Å². The molecule has 1 aromatic carbocycles. The SMILES string of the molecule is O=S(=O)(NCCOCCBr)c1cc(Cl)cc(Cl)c1. The molecule has 0 aromatic heterocycles. The van der Waals surface area contributed by atoms with Gasteiger partial charge in [-0.15, -0.1) is 0 Å². The van der Waals surface area contributed by atoms with Crippen molar-refractivity contribution < 1.29 is 13.2 Å². The predicted octanol–water partition coefficient (Wildman–Crippen LogP) is 2.68. The Bertz CT molecular complexity index is 476. The number of sulfonamides is 1. The van der Waals surface area contributed by atoms with Gasteiger partial charge in [0, 0.05) is 21.9 Å². The zero-order valence-electron chi connectivity index (χ0n) is 9.33. The molecule has 0 bridgehead atoms. The second-order valence-corrected chi connectivity index (χ2v) is 6.74. The summed E-state index contributed by atoms with van der Waals surface area (Å²) < 4.78 is 31.3. The van der Waals surface area contributed by atoms with E-state index in [1.165, 1.54) is 18.2 Å². The van der Waals surface area contributed by atoms with Crippen LogP contribution in [-0.4, -0.2) is 33.5 Å². The van der Waals surface area contributed by atoms with Gasteiger partial charge in [0.1, 0.15) is 0 Å². The molecule has 0 heterocycles. The molecule has 0 radical (unpaired) electrons. The van der Waals surface area contributed by atoms with Crippen molar-refractivity contribution in [1.29, 1.82) is 0 Å². The van der Waals surface area contributed by atoms with Crippen molar-refractivity contribution in [3.8, 4) is 0 Å². The molecule has 102 valence electrons. The highest BCUT2D eigenvalue weighted by atomic mass is 79.9. The van der Waals surface area contributed by atoms with Crippen molar-refractivity contribution in [2.45, 2.75) is 4.90 Å². The summed E-state index contributed by atoms with van der Waals surface area (Å²) >= 11 is 14.7. The Morgan fingerprint density at radius 3 is 2.33 bits per heavy atom. The van der Waals surface area contributed by atoms with Crippen LogP contribution in [0.2, 0.25) is 10.0 Å². The molecule has 18 heavy (non-hydrogen) atoms. The Morgan fingerprint density at radius 2 is 1.78 bits per heavy atom. The molecule has 8 heteroatoms. The monoisotopic (exact) mass is 375 g/mol. The average Bonchev–Trinajstić information content (AvgIpc) is 2.27. The van der Waals surface area contributed by atoms with Crippen molar-refractivity contribution >= 4 is 49.2 Å². The van der Waals surface area contributed by atoms with Crippen LogP contribution in [0.3, 0.4) is 0 Å². The second-order valence-electron chi connectivity index (χ2n) is 3.30. The standard InChI is InChI=1S/C10H12BrCl2NO3S/c11-1-3-17-4-2-14-18(15,16)10-6-8(12)5-9(13)7-10/h5-7,14H,1-4H2. The summed E-state index contributed by atoms with van der Waals surface area (Å²) in [6.45, 7) is 1.03. The molecule has 0 spiro atoms. The van der Waals surface area contributed by atoms with Gasteiger partial charge in [0.25, 0.3) is 0 Å². The summed E-state index contributed by atoms with van der Waals surface area (Å²) in [6.07, 6.45) is 0. The van der Waals surface area contributed by atoms with Crippen LogP contribution in [0.5, 0.6) is 0 Å². The van der Waals surface area contributed by atoms with Crippen molar-refractivity contribution in [3.63, 3.8) is 0 Å². The molecule has 0 saturated heterocycles. The first-order valence-corrected chi connectivity index (χ1v) is 8.41. The van der Waals surface area contributed by atoms with Crippen LogP contribution >= 0.6 is 39.1 Å². The number of halogens is 3. The van der Waals surface area contributed by atoms with Gasteiger partial charge >= 0.3 is 0 Å². The average molecular weight is 377 g/mol. The normalized spacial score (nSPS) is 11.7. The van der Waals surface area contributed by atoms with E-state index in [-0.39, 0.29) is 21.5 Å². The van der Waals surface area contributed by atoms with E-state index in [2.05, 4.69) is 20.7 Å². The Morgan fingerprint density at radius 1 is 1.17 bits per heavy atom. The molecule has 0 amide bonds. The first-order chi connectivity index (χ1) is 8.45. The van der Waals surface area contributed by atoms with Gasteiger partial charge in [0.15, 0.2) is 0 Å². The molecular formula is C10H12BrCl2NO3S. The van der Waals surface area contributed by atoms with Gasteiger partial charge < -0.3 is 4.74 Å². The molecule has 0 aliphatic carbocycles. The van der Waals surface area contributed by atoms with Crippen LogP contribution in [0.4, 0.5) is 0 Å². The fourth-order valence-corrected chi connectivity index (χ4v) is 3.14. The Balaban J connectivity index is 2.63. The van der Waals surface area contributed by atoms with Gasteiger partial charge in [0.2, 0.25) is 10.0 Å². The number of alkyl halides is 1. The fraction of sp³-hybridized carbons (Fsp3) is 0.400. The molecule has 0 unspecified atom stereocenters. The largest absolute Gasteiger partial charge is 0.379 e. The van der Waals surface area contributed by atoms with Crippen LogP contribution in [0.25, 0.3) is 0 Å². The number of hydrogen-bond donors (Lipinski definition) is 1. The highest BCUT2D eigenvalue weighted by molar-refractivity contribution is 9.09. The van der Waals surface area contributed by atoms with Gasteiger partial charge in [0.05, 0.1) is 18.1 Å². The van der Waals surface area contributed by atoms with E-state index in [4.69, 9.17) is 27.9 Å². The second kappa shape index (κ2) is 7.67. The van der Waals surface area contributed by atoms with E-state index in [1.54, 1.807) is 0 Å². The molecule has 0 aliphatic heterocycles. The van der Waals surface area contributed by atoms with Crippen LogP contribution in [-0.2, 0) is 14.8 Å². The van der Waals surface area contributed by atoms with Gasteiger partial charge in [-0.25, -0.2) is 13.1 Å².